The summed E-state index contributed by atoms with van der Waals surface area (Å²) in [6, 6.07) is 6.69. The molecule has 0 amide bonds. The van der Waals surface area contributed by atoms with E-state index in [1.807, 2.05) is 0 Å². The summed E-state index contributed by atoms with van der Waals surface area (Å²) in [6.07, 6.45) is 2.63. The second-order valence-corrected chi connectivity index (χ2v) is 7.21. The van der Waals surface area contributed by atoms with E-state index >= 15 is 0 Å². The minimum atomic E-state index is -0.527. The number of fused-ring (bicyclic) bond motifs is 2. The van der Waals surface area contributed by atoms with Crippen LogP contribution in [0.25, 0.3) is 0 Å². The van der Waals surface area contributed by atoms with Crippen LogP contribution in [-0.4, -0.2) is 11.8 Å². The van der Waals surface area contributed by atoms with E-state index in [4.69, 9.17) is 16.3 Å². The van der Waals surface area contributed by atoms with E-state index in [0.717, 1.165) is 12.8 Å². The van der Waals surface area contributed by atoms with E-state index in [1.54, 1.807) is 24.3 Å². The van der Waals surface area contributed by atoms with Gasteiger partial charge in [0.15, 0.2) is 0 Å². The van der Waals surface area contributed by atoms with Crippen molar-refractivity contribution in [3.8, 4) is 5.75 Å². The predicted octanol–water partition coefficient (Wildman–Crippen LogP) is 4.03. The third kappa shape index (κ3) is 2.18. The largest absolute Gasteiger partial charge is 0.427 e. The van der Waals surface area contributed by atoms with Crippen molar-refractivity contribution >= 4 is 23.4 Å². The second-order valence-electron chi connectivity index (χ2n) is 6.77. The summed E-state index contributed by atoms with van der Waals surface area (Å²) in [6.45, 7) is 4.23. The first-order chi connectivity index (χ1) is 9.85. The number of Topliss-reactive ketones (excluding diaryl/α,β-unsaturated/α-hetero) is 1. The van der Waals surface area contributed by atoms with Crippen molar-refractivity contribution in [1.29, 1.82) is 0 Å². The maximum absolute atomic E-state index is 12.4. The molecule has 2 aliphatic rings. The Morgan fingerprint density at radius 2 is 2.00 bits per heavy atom. The lowest BCUT2D eigenvalue weighted by atomic mass is 9.67. The van der Waals surface area contributed by atoms with Gasteiger partial charge in [-0.15, -0.1) is 0 Å². The quantitative estimate of drug-likeness (QED) is 0.625. The summed E-state index contributed by atoms with van der Waals surface area (Å²) in [5, 5.41) is 0.596. The number of carbonyl (C=O) groups excluding carboxylic acids is 2. The van der Waals surface area contributed by atoms with Crippen molar-refractivity contribution < 1.29 is 14.3 Å². The third-order valence-corrected chi connectivity index (χ3v) is 5.88. The number of ketones is 1. The van der Waals surface area contributed by atoms with Gasteiger partial charge in [-0.3, -0.25) is 9.59 Å². The average Bonchev–Trinajstić information content (AvgIpc) is 2.75. The van der Waals surface area contributed by atoms with Gasteiger partial charge in [-0.05, 0) is 48.4 Å². The first kappa shape index (κ1) is 14.6. The molecule has 0 spiro atoms. The van der Waals surface area contributed by atoms with Gasteiger partial charge in [-0.25, -0.2) is 0 Å². The summed E-state index contributed by atoms with van der Waals surface area (Å²) < 4.78 is 5.37. The summed E-state index contributed by atoms with van der Waals surface area (Å²) in [7, 11) is 0. The first-order valence-corrected chi connectivity index (χ1v) is 7.72. The molecule has 2 bridgehead atoms. The normalized spacial score (nSPS) is 29.7. The summed E-state index contributed by atoms with van der Waals surface area (Å²) >= 11 is 5.81. The molecule has 0 saturated heterocycles. The third-order valence-electron chi connectivity index (χ3n) is 5.63. The zero-order valence-corrected chi connectivity index (χ0v) is 13.1. The molecule has 2 aliphatic carbocycles. The Morgan fingerprint density at radius 3 is 2.52 bits per heavy atom. The van der Waals surface area contributed by atoms with Crippen LogP contribution >= 0.6 is 11.6 Å². The summed E-state index contributed by atoms with van der Waals surface area (Å²) in [4.78, 5) is 24.6. The Bertz CT molecular complexity index is 591. The number of ether oxygens (including phenoxy) is 1. The molecular weight excluding hydrogens is 288 g/mol. The highest BCUT2D eigenvalue weighted by molar-refractivity contribution is 6.30. The maximum atomic E-state index is 12.4. The average molecular weight is 307 g/mol. The molecule has 0 N–H and O–H groups in total. The number of rotatable bonds is 3. The number of hydrogen-bond donors (Lipinski definition) is 0. The highest BCUT2D eigenvalue weighted by Gasteiger charge is 2.64. The van der Waals surface area contributed by atoms with Gasteiger partial charge in [0, 0.05) is 16.9 Å². The number of esters is 1. The topological polar surface area (TPSA) is 43.4 Å². The Balaban J connectivity index is 1.75. The molecule has 2 atom stereocenters. The highest BCUT2D eigenvalue weighted by atomic mass is 35.5. The Morgan fingerprint density at radius 1 is 1.33 bits per heavy atom. The number of benzene rings is 1. The lowest BCUT2D eigenvalue weighted by Gasteiger charge is -2.35. The van der Waals surface area contributed by atoms with Gasteiger partial charge < -0.3 is 4.74 Å². The van der Waals surface area contributed by atoms with Crippen LogP contribution < -0.4 is 4.74 Å². The SMILES string of the molecule is CC1(C)C2CCC1(CC(=O)Oc1ccc(Cl)cc1)C(=O)C2. The molecule has 3 nitrogen and oxygen atoms in total. The second kappa shape index (κ2) is 4.84. The van der Waals surface area contributed by atoms with Crippen molar-refractivity contribution in [2.45, 2.75) is 39.5 Å². The van der Waals surface area contributed by atoms with Crippen LogP contribution in [0.5, 0.6) is 5.75 Å². The zero-order valence-electron chi connectivity index (χ0n) is 12.3. The predicted molar refractivity (Wildman–Crippen MR) is 80.3 cm³/mol. The lowest BCUT2D eigenvalue weighted by molar-refractivity contribution is -0.144. The molecule has 0 aliphatic heterocycles. The molecule has 2 saturated carbocycles. The van der Waals surface area contributed by atoms with Crippen LogP contribution in [-0.2, 0) is 9.59 Å². The van der Waals surface area contributed by atoms with E-state index in [-0.39, 0.29) is 23.6 Å². The molecule has 2 fully saturated rings. The Labute approximate surface area is 129 Å². The van der Waals surface area contributed by atoms with Crippen molar-refractivity contribution in [3.63, 3.8) is 0 Å². The molecule has 1 aromatic rings. The molecule has 0 radical (unpaired) electrons. The molecule has 0 heterocycles. The summed E-state index contributed by atoms with van der Waals surface area (Å²) in [5.41, 5.74) is -0.635. The lowest BCUT2D eigenvalue weighted by Crippen LogP contribution is -2.39. The Hall–Kier alpha value is -1.35. The van der Waals surface area contributed by atoms with Crippen LogP contribution in [0, 0.1) is 16.7 Å². The van der Waals surface area contributed by atoms with Crippen molar-refractivity contribution in [2.24, 2.45) is 16.7 Å². The fourth-order valence-corrected chi connectivity index (χ4v) is 4.23. The van der Waals surface area contributed by atoms with E-state index < -0.39 is 5.41 Å². The number of hydrogen-bond acceptors (Lipinski definition) is 3. The van der Waals surface area contributed by atoms with Gasteiger partial charge in [-0.2, -0.15) is 0 Å². The highest BCUT2D eigenvalue weighted by Crippen LogP contribution is 2.65. The van der Waals surface area contributed by atoms with Gasteiger partial charge in [0.05, 0.1) is 6.42 Å². The smallest absolute Gasteiger partial charge is 0.312 e. The van der Waals surface area contributed by atoms with Crippen molar-refractivity contribution in [3.05, 3.63) is 29.3 Å². The van der Waals surface area contributed by atoms with Gasteiger partial charge in [0.25, 0.3) is 0 Å². The molecular formula is C17H19ClO3. The molecule has 3 rings (SSSR count). The minimum absolute atomic E-state index is 0.108. The first-order valence-electron chi connectivity index (χ1n) is 7.35. The monoisotopic (exact) mass is 306 g/mol. The van der Waals surface area contributed by atoms with Gasteiger partial charge in [0.2, 0.25) is 0 Å². The standard InChI is InChI=1S/C17H19ClO3/c1-16(2)11-7-8-17(16,14(19)9-11)10-15(20)21-13-5-3-12(18)4-6-13/h3-6,11H,7-10H2,1-2H3. The van der Waals surface area contributed by atoms with E-state index in [1.165, 1.54) is 0 Å². The van der Waals surface area contributed by atoms with Gasteiger partial charge >= 0.3 is 5.97 Å². The zero-order chi connectivity index (χ0) is 15.3. The van der Waals surface area contributed by atoms with Crippen LogP contribution in [0.2, 0.25) is 5.02 Å². The Kier molecular flexibility index (Phi) is 3.36. The molecule has 1 aromatic carbocycles. The van der Waals surface area contributed by atoms with Crippen molar-refractivity contribution in [2.75, 3.05) is 0 Å². The van der Waals surface area contributed by atoms with Crippen LogP contribution in [0.1, 0.15) is 39.5 Å². The number of halogens is 1. The minimum Gasteiger partial charge on any atom is -0.427 e. The molecule has 0 aromatic heterocycles. The molecule has 21 heavy (non-hydrogen) atoms. The van der Waals surface area contributed by atoms with E-state index in [0.29, 0.717) is 23.1 Å². The van der Waals surface area contributed by atoms with E-state index in [9.17, 15) is 9.59 Å². The van der Waals surface area contributed by atoms with Crippen molar-refractivity contribution in [1.82, 2.24) is 0 Å². The van der Waals surface area contributed by atoms with Crippen LogP contribution in [0.4, 0.5) is 0 Å². The fraction of sp³-hybridized carbons (Fsp3) is 0.529. The summed E-state index contributed by atoms with van der Waals surface area (Å²) in [5.74, 6) is 0.782. The fourth-order valence-electron chi connectivity index (χ4n) is 4.10. The molecule has 4 heteroatoms. The number of carbonyl (C=O) groups is 2. The molecule has 2 unspecified atom stereocenters. The van der Waals surface area contributed by atoms with Gasteiger partial charge in [0.1, 0.15) is 11.5 Å². The molecule has 112 valence electrons. The maximum Gasteiger partial charge on any atom is 0.312 e. The van der Waals surface area contributed by atoms with Crippen LogP contribution in [0.3, 0.4) is 0 Å². The van der Waals surface area contributed by atoms with E-state index in [2.05, 4.69) is 13.8 Å². The van der Waals surface area contributed by atoms with Crippen LogP contribution in [0.15, 0.2) is 24.3 Å². The van der Waals surface area contributed by atoms with Gasteiger partial charge in [-0.1, -0.05) is 25.4 Å².